The highest BCUT2D eigenvalue weighted by molar-refractivity contribution is 7.28. The van der Waals surface area contributed by atoms with Crippen LogP contribution in [0.5, 0.6) is 5.75 Å². The van der Waals surface area contributed by atoms with Gasteiger partial charge in [0, 0.05) is 10.9 Å². The highest BCUT2D eigenvalue weighted by Crippen LogP contribution is 2.28. The normalized spacial score (nSPS) is 11.0. The molecule has 0 radical (unpaired) electrons. The maximum Gasteiger partial charge on any atom is 0.123 e. The third-order valence-electron chi connectivity index (χ3n) is 4.80. The van der Waals surface area contributed by atoms with Crippen molar-refractivity contribution in [2.75, 3.05) is 6.61 Å². The number of aryl methyl sites for hydroxylation is 1. The first-order chi connectivity index (χ1) is 13.5. The lowest BCUT2D eigenvalue weighted by Crippen LogP contribution is -2.00. The Bertz CT molecular complexity index is 1160. The number of hydrogen-bond donors (Lipinski definition) is 0. The quantitative estimate of drug-likeness (QED) is 0.405. The number of aromatic nitrogens is 1. The molecule has 4 rings (SSSR count). The largest absolute Gasteiger partial charge is 0.494 e. The minimum Gasteiger partial charge on any atom is -0.494 e. The predicted octanol–water partition coefficient (Wildman–Crippen LogP) is 5.92. The first kappa shape index (κ1) is 18.6. The van der Waals surface area contributed by atoms with E-state index >= 15 is 0 Å². The van der Waals surface area contributed by atoms with Gasteiger partial charge in [0.1, 0.15) is 11.6 Å². The predicted molar refractivity (Wildman–Crippen MR) is 118 cm³/mol. The van der Waals surface area contributed by atoms with Crippen molar-refractivity contribution in [1.29, 1.82) is 0 Å². The fourth-order valence-electron chi connectivity index (χ4n) is 3.39. The lowest BCUT2D eigenvalue weighted by atomic mass is 10.0. The molecule has 0 aliphatic carbocycles. The Kier molecular flexibility index (Phi) is 5.11. The number of halogens is 1. The molecule has 28 heavy (non-hydrogen) atoms. The van der Waals surface area contributed by atoms with Crippen molar-refractivity contribution < 1.29 is 9.13 Å². The SMILES string of the molecule is CCOc1ccc(-c2ccc(-c3cc(C)c4cc(F)ccc4n3)c(P)c2)cc1. The summed E-state index contributed by atoms with van der Waals surface area (Å²) in [5.74, 6) is 0.637. The topological polar surface area (TPSA) is 22.1 Å². The zero-order valence-electron chi connectivity index (χ0n) is 15.9. The average Bonchev–Trinajstić information content (AvgIpc) is 2.69. The Balaban J connectivity index is 1.72. The number of pyridine rings is 1. The molecule has 3 aromatic carbocycles. The summed E-state index contributed by atoms with van der Waals surface area (Å²) in [6.45, 7) is 4.63. The Morgan fingerprint density at radius 1 is 0.929 bits per heavy atom. The molecular weight excluding hydrogens is 368 g/mol. The van der Waals surface area contributed by atoms with Gasteiger partial charge in [0.25, 0.3) is 0 Å². The molecule has 1 aromatic heterocycles. The summed E-state index contributed by atoms with van der Waals surface area (Å²) in [6, 6.07) is 21.2. The van der Waals surface area contributed by atoms with Crippen LogP contribution < -0.4 is 10.0 Å². The zero-order chi connectivity index (χ0) is 19.7. The molecule has 0 amide bonds. The van der Waals surface area contributed by atoms with Crippen molar-refractivity contribution in [3.8, 4) is 28.1 Å². The molecule has 0 saturated carbocycles. The van der Waals surface area contributed by atoms with E-state index in [1.165, 1.54) is 12.1 Å². The van der Waals surface area contributed by atoms with Crippen molar-refractivity contribution in [3.05, 3.63) is 78.1 Å². The molecule has 0 aliphatic heterocycles. The molecule has 0 N–H and O–H groups in total. The number of fused-ring (bicyclic) bond motifs is 1. The van der Waals surface area contributed by atoms with E-state index in [-0.39, 0.29) is 5.82 Å². The van der Waals surface area contributed by atoms with E-state index in [9.17, 15) is 4.39 Å². The van der Waals surface area contributed by atoms with Crippen LogP contribution in [0.25, 0.3) is 33.3 Å². The summed E-state index contributed by atoms with van der Waals surface area (Å²) in [4.78, 5) is 4.75. The van der Waals surface area contributed by atoms with Crippen molar-refractivity contribution in [1.82, 2.24) is 4.98 Å². The number of benzene rings is 3. The Hall–Kier alpha value is -2.77. The first-order valence-electron chi connectivity index (χ1n) is 9.25. The molecule has 0 aliphatic rings. The average molecular weight is 389 g/mol. The van der Waals surface area contributed by atoms with E-state index in [4.69, 9.17) is 9.72 Å². The zero-order valence-corrected chi connectivity index (χ0v) is 17.0. The summed E-state index contributed by atoms with van der Waals surface area (Å²) in [6.07, 6.45) is 0. The molecule has 4 aromatic rings. The number of nitrogens with zero attached hydrogens (tertiary/aromatic N) is 1. The smallest absolute Gasteiger partial charge is 0.123 e. The molecule has 0 fully saturated rings. The van der Waals surface area contributed by atoms with E-state index in [2.05, 4.69) is 39.6 Å². The Labute approximate surface area is 166 Å². The summed E-state index contributed by atoms with van der Waals surface area (Å²) >= 11 is 0. The molecule has 2 nitrogen and oxygen atoms in total. The van der Waals surface area contributed by atoms with Gasteiger partial charge < -0.3 is 4.74 Å². The summed E-state index contributed by atoms with van der Waals surface area (Å²) < 4.78 is 19.1. The lowest BCUT2D eigenvalue weighted by molar-refractivity contribution is 0.340. The van der Waals surface area contributed by atoms with Crippen LogP contribution in [-0.2, 0) is 0 Å². The van der Waals surface area contributed by atoms with Crippen LogP contribution >= 0.6 is 9.24 Å². The second-order valence-corrected chi connectivity index (χ2v) is 7.37. The molecule has 1 heterocycles. The van der Waals surface area contributed by atoms with Gasteiger partial charge in [0.05, 0.1) is 17.8 Å². The highest BCUT2D eigenvalue weighted by atomic mass is 31.0. The van der Waals surface area contributed by atoms with E-state index in [1.54, 1.807) is 6.07 Å². The second-order valence-electron chi connectivity index (χ2n) is 6.75. The fraction of sp³-hybridized carbons (Fsp3) is 0.125. The highest BCUT2D eigenvalue weighted by Gasteiger charge is 2.10. The molecular formula is C24H21FNOP. The molecule has 1 unspecified atom stereocenters. The van der Waals surface area contributed by atoms with E-state index in [0.29, 0.717) is 6.61 Å². The number of ether oxygens (including phenoxy) is 1. The van der Waals surface area contributed by atoms with Crippen LogP contribution in [0.2, 0.25) is 0 Å². The maximum atomic E-state index is 13.5. The lowest BCUT2D eigenvalue weighted by Gasteiger charge is -2.11. The summed E-state index contributed by atoms with van der Waals surface area (Å²) in [5.41, 5.74) is 6.03. The number of rotatable bonds is 4. The van der Waals surface area contributed by atoms with E-state index < -0.39 is 0 Å². The molecule has 0 bridgehead atoms. The van der Waals surface area contributed by atoms with Crippen LogP contribution in [0.4, 0.5) is 4.39 Å². The first-order valence-corrected chi connectivity index (χ1v) is 9.83. The third-order valence-corrected chi connectivity index (χ3v) is 5.28. The second kappa shape index (κ2) is 7.69. The Morgan fingerprint density at radius 2 is 1.68 bits per heavy atom. The summed E-state index contributed by atoms with van der Waals surface area (Å²) in [5, 5.41) is 1.92. The van der Waals surface area contributed by atoms with Gasteiger partial charge in [-0.1, -0.05) is 24.3 Å². The molecule has 4 heteroatoms. The molecule has 0 saturated heterocycles. The molecule has 0 spiro atoms. The van der Waals surface area contributed by atoms with Crippen LogP contribution in [-0.4, -0.2) is 11.6 Å². The Morgan fingerprint density at radius 3 is 2.39 bits per heavy atom. The van der Waals surface area contributed by atoms with Crippen LogP contribution in [0.1, 0.15) is 12.5 Å². The van der Waals surface area contributed by atoms with Gasteiger partial charge in [0.15, 0.2) is 0 Å². The third kappa shape index (κ3) is 3.63. The van der Waals surface area contributed by atoms with Gasteiger partial charge in [-0.05, 0) is 78.3 Å². The molecule has 1 atom stereocenters. The van der Waals surface area contributed by atoms with Gasteiger partial charge in [-0.15, -0.1) is 9.24 Å². The monoisotopic (exact) mass is 389 g/mol. The van der Waals surface area contributed by atoms with Gasteiger partial charge >= 0.3 is 0 Å². The summed E-state index contributed by atoms with van der Waals surface area (Å²) in [7, 11) is 2.81. The fourth-order valence-corrected chi connectivity index (χ4v) is 3.81. The molecule has 140 valence electrons. The number of hydrogen-bond acceptors (Lipinski definition) is 2. The van der Waals surface area contributed by atoms with Crippen LogP contribution in [0.3, 0.4) is 0 Å². The van der Waals surface area contributed by atoms with Gasteiger partial charge in [-0.3, -0.25) is 0 Å². The van der Waals surface area contributed by atoms with Crippen molar-refractivity contribution in [2.45, 2.75) is 13.8 Å². The van der Waals surface area contributed by atoms with Crippen LogP contribution in [0, 0.1) is 12.7 Å². The van der Waals surface area contributed by atoms with Gasteiger partial charge in [0.2, 0.25) is 0 Å². The van der Waals surface area contributed by atoms with Gasteiger partial charge in [-0.25, -0.2) is 9.37 Å². The van der Waals surface area contributed by atoms with E-state index in [1.807, 2.05) is 32.0 Å². The minimum atomic E-state index is -0.239. The van der Waals surface area contributed by atoms with Crippen molar-refractivity contribution in [2.24, 2.45) is 0 Å². The standard InChI is InChI=1S/C24H21FNOP/c1-3-27-19-8-4-16(5-9-19)17-6-10-20(24(28)13-17)23-12-15(2)21-14-18(25)7-11-22(21)26-23/h4-14H,3,28H2,1-2H3. The van der Waals surface area contributed by atoms with Crippen molar-refractivity contribution >= 4 is 25.4 Å². The van der Waals surface area contributed by atoms with Crippen LogP contribution in [0.15, 0.2) is 66.7 Å². The minimum absolute atomic E-state index is 0.239. The maximum absolute atomic E-state index is 13.5. The van der Waals surface area contributed by atoms with E-state index in [0.717, 1.165) is 49.9 Å². The van der Waals surface area contributed by atoms with Crippen molar-refractivity contribution in [3.63, 3.8) is 0 Å². The van der Waals surface area contributed by atoms with Gasteiger partial charge in [-0.2, -0.15) is 0 Å².